The van der Waals surface area contributed by atoms with Gasteiger partial charge < -0.3 is 9.64 Å². The van der Waals surface area contributed by atoms with Gasteiger partial charge in [-0.2, -0.15) is 0 Å². The van der Waals surface area contributed by atoms with Crippen molar-refractivity contribution in [3.05, 3.63) is 108 Å². The first-order valence-corrected chi connectivity index (χ1v) is 9.69. The van der Waals surface area contributed by atoms with Gasteiger partial charge in [-0.15, -0.1) is 0 Å². The predicted octanol–water partition coefficient (Wildman–Crippen LogP) is 4.12. The molecule has 3 aromatic carbocycles. The van der Waals surface area contributed by atoms with Crippen LogP contribution in [-0.4, -0.2) is 29.9 Å². The third kappa shape index (κ3) is 2.83. The molecule has 1 amide bonds. The highest BCUT2D eigenvalue weighted by molar-refractivity contribution is 6.02. The van der Waals surface area contributed by atoms with Crippen molar-refractivity contribution >= 4 is 11.9 Å². The number of methoxy groups -OCH3 is 1. The molecule has 0 spiro atoms. The number of likely N-dealkylation sites (tertiary alicyclic amines) is 1. The van der Waals surface area contributed by atoms with Crippen LogP contribution in [0.2, 0.25) is 0 Å². The van der Waals surface area contributed by atoms with Gasteiger partial charge in [0.15, 0.2) is 0 Å². The molecule has 2 atom stereocenters. The van der Waals surface area contributed by atoms with E-state index in [-0.39, 0.29) is 11.9 Å². The van der Waals surface area contributed by atoms with Gasteiger partial charge in [0.05, 0.1) is 13.2 Å². The zero-order chi connectivity index (χ0) is 20.4. The third-order valence-electron chi connectivity index (χ3n) is 5.79. The summed E-state index contributed by atoms with van der Waals surface area (Å²) in [5.74, 6) is -0.518. The maximum Gasteiger partial charge on any atom is 0.328 e. The molecule has 0 radical (unpaired) electrons. The molecule has 3 aromatic rings. The van der Waals surface area contributed by atoms with Crippen LogP contribution in [0.3, 0.4) is 0 Å². The van der Waals surface area contributed by atoms with Crippen molar-refractivity contribution in [1.29, 1.82) is 0 Å². The first-order valence-electron chi connectivity index (χ1n) is 9.69. The van der Waals surface area contributed by atoms with E-state index in [9.17, 15) is 9.59 Å². The largest absolute Gasteiger partial charge is 0.467 e. The van der Waals surface area contributed by atoms with Crippen LogP contribution in [-0.2, 0) is 19.7 Å². The molecule has 1 aliphatic heterocycles. The molecular formula is C25H23NO3. The van der Waals surface area contributed by atoms with Gasteiger partial charge in [-0.3, -0.25) is 4.79 Å². The van der Waals surface area contributed by atoms with Crippen molar-refractivity contribution in [1.82, 2.24) is 4.90 Å². The lowest BCUT2D eigenvalue weighted by molar-refractivity contribution is -0.172. The fourth-order valence-corrected chi connectivity index (χ4v) is 4.44. The Hall–Kier alpha value is -3.40. The normalized spacial score (nSPS) is 18.6. The van der Waals surface area contributed by atoms with Gasteiger partial charge in [-0.25, -0.2) is 4.79 Å². The molecule has 0 aromatic heterocycles. The molecule has 0 bridgehead atoms. The number of amides is 1. The first kappa shape index (κ1) is 18.9. The molecule has 146 valence electrons. The number of benzene rings is 3. The van der Waals surface area contributed by atoms with Gasteiger partial charge in [0.2, 0.25) is 5.91 Å². The molecular weight excluding hydrogens is 362 g/mol. The van der Waals surface area contributed by atoms with Crippen molar-refractivity contribution in [3.63, 3.8) is 0 Å². The summed E-state index contributed by atoms with van der Waals surface area (Å²) >= 11 is 0. The Labute approximate surface area is 170 Å². The number of β-lactam (4-membered cyclic amide) rings is 1. The minimum Gasteiger partial charge on any atom is -0.467 e. The Kier molecular flexibility index (Phi) is 4.93. The van der Waals surface area contributed by atoms with Gasteiger partial charge >= 0.3 is 5.97 Å². The summed E-state index contributed by atoms with van der Waals surface area (Å²) in [5.41, 5.74) is 1.92. The molecule has 0 aliphatic carbocycles. The molecule has 1 aliphatic rings. The molecule has 4 rings (SSSR count). The van der Waals surface area contributed by atoms with Gasteiger partial charge in [0.25, 0.3) is 0 Å². The fourth-order valence-electron chi connectivity index (χ4n) is 4.44. The minimum atomic E-state index is -0.897. The lowest BCUT2D eigenvalue weighted by Crippen LogP contribution is -2.69. The van der Waals surface area contributed by atoms with Crippen molar-refractivity contribution < 1.29 is 14.3 Å². The van der Waals surface area contributed by atoms with E-state index < -0.39 is 17.4 Å². The lowest BCUT2D eigenvalue weighted by atomic mass is 9.59. The molecule has 1 heterocycles. The van der Waals surface area contributed by atoms with Crippen LogP contribution >= 0.6 is 0 Å². The molecule has 0 saturated carbocycles. The van der Waals surface area contributed by atoms with Crippen molar-refractivity contribution in [2.45, 2.75) is 24.4 Å². The second kappa shape index (κ2) is 7.55. The number of carbonyl (C=O) groups is 2. The van der Waals surface area contributed by atoms with E-state index in [1.54, 1.807) is 11.8 Å². The number of ether oxygens (including phenoxy) is 1. The number of rotatable bonds is 5. The van der Waals surface area contributed by atoms with E-state index in [4.69, 9.17) is 4.74 Å². The van der Waals surface area contributed by atoms with E-state index in [1.807, 2.05) is 91.0 Å². The summed E-state index contributed by atoms with van der Waals surface area (Å²) in [6.07, 6.45) is 0. The van der Waals surface area contributed by atoms with Crippen molar-refractivity contribution in [2.24, 2.45) is 0 Å². The molecule has 1 saturated heterocycles. The summed E-state index contributed by atoms with van der Waals surface area (Å²) in [5, 5.41) is 0. The van der Waals surface area contributed by atoms with Crippen molar-refractivity contribution in [3.8, 4) is 0 Å². The van der Waals surface area contributed by atoms with Crippen LogP contribution in [0.1, 0.15) is 29.7 Å². The molecule has 0 N–H and O–H groups in total. The highest BCUT2D eigenvalue weighted by atomic mass is 16.5. The molecule has 4 heteroatoms. The van der Waals surface area contributed by atoms with Crippen LogP contribution in [0.5, 0.6) is 0 Å². The van der Waals surface area contributed by atoms with Crippen LogP contribution in [0.4, 0.5) is 0 Å². The lowest BCUT2D eigenvalue weighted by Gasteiger charge is -2.58. The van der Waals surface area contributed by atoms with Crippen LogP contribution in [0, 0.1) is 0 Å². The Morgan fingerprint density at radius 2 is 1.31 bits per heavy atom. The number of esters is 1. The van der Waals surface area contributed by atoms with Gasteiger partial charge in [-0.05, 0) is 23.6 Å². The Bertz CT molecular complexity index is 963. The van der Waals surface area contributed by atoms with Gasteiger partial charge in [0.1, 0.15) is 11.5 Å². The number of carbonyl (C=O) groups excluding carboxylic acids is 2. The van der Waals surface area contributed by atoms with Gasteiger partial charge in [0, 0.05) is 0 Å². The smallest absolute Gasteiger partial charge is 0.328 e. The quantitative estimate of drug-likeness (QED) is 0.490. The summed E-state index contributed by atoms with van der Waals surface area (Å²) < 4.78 is 4.95. The minimum absolute atomic E-state index is 0.0957. The summed E-state index contributed by atoms with van der Waals surface area (Å²) in [4.78, 5) is 27.8. The number of hydrogen-bond donors (Lipinski definition) is 0. The standard InChI is InChI=1S/C25H23NO3/c1-18(23(27)29-2)26-22(19-12-6-3-7-13-19)25(24(26)28,20-14-8-4-9-15-20)21-16-10-5-11-17-21/h3-18,22H,1-2H3/t18?,22-/m1/s1. The topological polar surface area (TPSA) is 46.6 Å². The zero-order valence-corrected chi connectivity index (χ0v) is 16.5. The molecule has 1 unspecified atom stereocenters. The average Bonchev–Trinajstić information content (AvgIpc) is 2.79. The Morgan fingerprint density at radius 3 is 1.76 bits per heavy atom. The second-order valence-electron chi connectivity index (χ2n) is 7.26. The Morgan fingerprint density at radius 1 is 0.862 bits per heavy atom. The van der Waals surface area contributed by atoms with Crippen LogP contribution in [0.25, 0.3) is 0 Å². The zero-order valence-electron chi connectivity index (χ0n) is 16.5. The molecule has 1 fully saturated rings. The summed E-state index contributed by atoms with van der Waals surface area (Å²) in [6, 6.07) is 28.5. The van der Waals surface area contributed by atoms with E-state index >= 15 is 0 Å². The Balaban J connectivity index is 1.96. The maximum atomic E-state index is 13.8. The third-order valence-corrected chi connectivity index (χ3v) is 5.79. The SMILES string of the molecule is COC(=O)C(C)N1C(=O)C(c2ccccc2)(c2ccccc2)[C@H]1c1ccccc1. The van der Waals surface area contributed by atoms with E-state index in [0.29, 0.717) is 0 Å². The van der Waals surface area contributed by atoms with Crippen LogP contribution < -0.4 is 0 Å². The highest BCUT2D eigenvalue weighted by Gasteiger charge is 2.64. The average molecular weight is 385 g/mol. The van der Waals surface area contributed by atoms with E-state index in [1.165, 1.54) is 7.11 Å². The van der Waals surface area contributed by atoms with E-state index in [0.717, 1.165) is 16.7 Å². The maximum absolute atomic E-state index is 13.8. The van der Waals surface area contributed by atoms with Gasteiger partial charge in [-0.1, -0.05) is 91.0 Å². The first-order chi connectivity index (χ1) is 14.1. The number of nitrogens with zero attached hydrogens (tertiary/aromatic N) is 1. The van der Waals surface area contributed by atoms with E-state index in [2.05, 4.69) is 0 Å². The van der Waals surface area contributed by atoms with Crippen molar-refractivity contribution in [2.75, 3.05) is 7.11 Å². The predicted molar refractivity (Wildman–Crippen MR) is 111 cm³/mol. The monoisotopic (exact) mass is 385 g/mol. The van der Waals surface area contributed by atoms with Crippen LogP contribution in [0.15, 0.2) is 91.0 Å². The molecule has 29 heavy (non-hydrogen) atoms. The molecule has 4 nitrogen and oxygen atoms in total. The summed E-state index contributed by atoms with van der Waals surface area (Å²) in [6.45, 7) is 1.72. The second-order valence-corrected chi connectivity index (χ2v) is 7.26. The highest BCUT2D eigenvalue weighted by Crippen LogP contribution is 2.56. The summed E-state index contributed by atoms with van der Waals surface area (Å²) in [7, 11) is 1.35. The fraction of sp³-hybridized carbons (Fsp3) is 0.200. The number of hydrogen-bond acceptors (Lipinski definition) is 3.